The van der Waals surface area contributed by atoms with Crippen LogP contribution in [0.5, 0.6) is 0 Å². The summed E-state index contributed by atoms with van der Waals surface area (Å²) < 4.78 is 13.4. The zero-order valence-electron chi connectivity index (χ0n) is 8.77. The van der Waals surface area contributed by atoms with Crippen molar-refractivity contribution in [3.63, 3.8) is 0 Å². The molecule has 88 valence electrons. The van der Waals surface area contributed by atoms with Gasteiger partial charge in [0.1, 0.15) is 5.82 Å². The van der Waals surface area contributed by atoms with Crippen LogP contribution < -0.4 is 5.32 Å². The zero-order valence-corrected chi connectivity index (χ0v) is 11.1. The first-order valence-electron chi connectivity index (χ1n) is 4.91. The molecule has 0 aliphatic carbocycles. The average Bonchev–Trinajstić information content (AvgIpc) is 2.25. The Morgan fingerprint density at radius 2 is 2.31 bits per heavy atom. The normalized spacial score (nSPS) is 12.2. The minimum absolute atomic E-state index is 0.0248. The molecule has 0 saturated heterocycles. The van der Waals surface area contributed by atoms with Crippen LogP contribution >= 0.6 is 27.5 Å². The van der Waals surface area contributed by atoms with Crippen LogP contribution in [0, 0.1) is 5.82 Å². The second-order valence-electron chi connectivity index (χ2n) is 3.33. The molecule has 1 aromatic rings. The lowest BCUT2D eigenvalue weighted by molar-refractivity contribution is 0.0936. The molecule has 1 aromatic carbocycles. The van der Waals surface area contributed by atoms with Gasteiger partial charge in [-0.05, 0) is 18.6 Å². The molecule has 0 aliphatic rings. The van der Waals surface area contributed by atoms with Crippen LogP contribution in [0.15, 0.2) is 18.2 Å². The van der Waals surface area contributed by atoms with Crippen molar-refractivity contribution >= 4 is 33.4 Å². The van der Waals surface area contributed by atoms with Gasteiger partial charge < -0.3 is 5.32 Å². The van der Waals surface area contributed by atoms with E-state index in [-0.39, 0.29) is 16.6 Å². The number of hydrogen-bond donors (Lipinski definition) is 1. The smallest absolute Gasteiger partial charge is 0.256 e. The molecular weight excluding hydrogens is 296 g/mol. The fraction of sp³-hybridized carbons (Fsp3) is 0.364. The van der Waals surface area contributed by atoms with Gasteiger partial charge in [0.25, 0.3) is 5.91 Å². The standard InChI is InChI=1S/C11H12BrClFNO/c1-2-7(6-12)15-11(16)10-8(13)4-3-5-9(10)14/h3-5,7H,2,6H2,1H3,(H,15,16). The van der Waals surface area contributed by atoms with Gasteiger partial charge in [-0.3, -0.25) is 4.79 Å². The van der Waals surface area contributed by atoms with Crippen molar-refractivity contribution in [2.45, 2.75) is 19.4 Å². The number of carbonyl (C=O) groups excluding carboxylic acids is 1. The lowest BCUT2D eigenvalue weighted by Crippen LogP contribution is -2.36. The van der Waals surface area contributed by atoms with E-state index in [2.05, 4.69) is 21.2 Å². The van der Waals surface area contributed by atoms with E-state index in [0.717, 1.165) is 6.42 Å². The van der Waals surface area contributed by atoms with Gasteiger partial charge >= 0.3 is 0 Å². The van der Waals surface area contributed by atoms with Gasteiger partial charge in [-0.25, -0.2) is 4.39 Å². The number of benzene rings is 1. The molecule has 1 rings (SSSR count). The van der Waals surface area contributed by atoms with E-state index in [4.69, 9.17) is 11.6 Å². The van der Waals surface area contributed by atoms with E-state index < -0.39 is 11.7 Å². The van der Waals surface area contributed by atoms with Crippen LogP contribution in [0.1, 0.15) is 23.7 Å². The molecule has 1 amide bonds. The minimum Gasteiger partial charge on any atom is -0.348 e. The molecule has 1 N–H and O–H groups in total. The number of halogens is 3. The maximum atomic E-state index is 13.4. The summed E-state index contributed by atoms with van der Waals surface area (Å²) in [6, 6.07) is 4.16. The molecule has 0 aromatic heterocycles. The number of amides is 1. The Labute approximate surface area is 107 Å². The van der Waals surface area contributed by atoms with E-state index >= 15 is 0 Å². The SMILES string of the molecule is CCC(CBr)NC(=O)c1c(F)cccc1Cl. The maximum Gasteiger partial charge on any atom is 0.256 e. The van der Waals surface area contributed by atoms with E-state index in [1.807, 2.05) is 6.92 Å². The Hall–Kier alpha value is -0.610. The average molecular weight is 309 g/mol. The van der Waals surface area contributed by atoms with E-state index in [1.165, 1.54) is 18.2 Å². The summed E-state index contributed by atoms with van der Waals surface area (Å²) in [6.07, 6.45) is 0.767. The zero-order chi connectivity index (χ0) is 12.1. The lowest BCUT2D eigenvalue weighted by atomic mass is 10.1. The van der Waals surface area contributed by atoms with Crippen molar-refractivity contribution in [2.24, 2.45) is 0 Å². The predicted molar refractivity (Wildman–Crippen MR) is 66.7 cm³/mol. The summed E-state index contributed by atoms with van der Waals surface area (Å²) in [6.45, 7) is 1.94. The highest BCUT2D eigenvalue weighted by atomic mass is 79.9. The number of alkyl halides is 1. The van der Waals surface area contributed by atoms with Crippen molar-refractivity contribution in [1.29, 1.82) is 0 Å². The topological polar surface area (TPSA) is 29.1 Å². The highest BCUT2D eigenvalue weighted by Gasteiger charge is 2.17. The minimum atomic E-state index is -0.602. The van der Waals surface area contributed by atoms with Crippen LogP contribution in [0.3, 0.4) is 0 Å². The van der Waals surface area contributed by atoms with Crippen molar-refractivity contribution in [3.8, 4) is 0 Å². The quantitative estimate of drug-likeness (QED) is 0.849. The molecule has 1 atom stereocenters. The summed E-state index contributed by atoms with van der Waals surface area (Å²) in [5, 5.41) is 3.46. The summed E-state index contributed by atoms with van der Waals surface area (Å²) in [5.41, 5.74) is -0.0939. The lowest BCUT2D eigenvalue weighted by Gasteiger charge is -2.14. The summed E-state index contributed by atoms with van der Waals surface area (Å²) in [4.78, 5) is 11.8. The fourth-order valence-corrected chi connectivity index (χ4v) is 2.09. The number of carbonyl (C=O) groups is 1. The number of hydrogen-bond acceptors (Lipinski definition) is 1. The van der Waals surface area contributed by atoms with E-state index in [0.29, 0.717) is 5.33 Å². The van der Waals surface area contributed by atoms with E-state index in [9.17, 15) is 9.18 Å². The molecule has 0 spiro atoms. The molecule has 0 radical (unpaired) electrons. The van der Waals surface area contributed by atoms with Gasteiger partial charge in [-0.15, -0.1) is 0 Å². The first-order valence-corrected chi connectivity index (χ1v) is 6.41. The Balaban J connectivity index is 2.88. The van der Waals surface area contributed by atoms with Gasteiger partial charge in [-0.2, -0.15) is 0 Å². The molecule has 1 unspecified atom stereocenters. The second-order valence-corrected chi connectivity index (χ2v) is 4.38. The predicted octanol–water partition coefficient (Wildman–Crippen LogP) is 3.38. The molecule has 0 fully saturated rings. The van der Waals surface area contributed by atoms with Gasteiger partial charge in [0.05, 0.1) is 10.6 Å². The Morgan fingerprint density at radius 1 is 1.62 bits per heavy atom. The summed E-state index contributed by atoms with van der Waals surface area (Å²) in [7, 11) is 0. The molecule has 5 heteroatoms. The molecule has 0 saturated carbocycles. The van der Waals surface area contributed by atoms with Crippen LogP contribution in [-0.2, 0) is 0 Å². The molecule has 2 nitrogen and oxygen atoms in total. The van der Waals surface area contributed by atoms with Crippen molar-refractivity contribution in [1.82, 2.24) is 5.32 Å². The van der Waals surface area contributed by atoms with Crippen LogP contribution in [0.4, 0.5) is 4.39 Å². The third-order valence-corrected chi connectivity index (χ3v) is 3.30. The van der Waals surface area contributed by atoms with Gasteiger partial charge in [-0.1, -0.05) is 40.5 Å². The molecular formula is C11H12BrClFNO. The largest absolute Gasteiger partial charge is 0.348 e. The highest BCUT2D eigenvalue weighted by Crippen LogP contribution is 2.19. The Morgan fingerprint density at radius 3 is 2.81 bits per heavy atom. The van der Waals surface area contributed by atoms with Crippen LogP contribution in [-0.4, -0.2) is 17.3 Å². The van der Waals surface area contributed by atoms with Crippen molar-refractivity contribution < 1.29 is 9.18 Å². The number of nitrogens with one attached hydrogen (secondary N) is 1. The molecule has 0 aliphatic heterocycles. The van der Waals surface area contributed by atoms with Gasteiger partial charge in [0.15, 0.2) is 0 Å². The van der Waals surface area contributed by atoms with Crippen LogP contribution in [0.25, 0.3) is 0 Å². The molecule has 0 heterocycles. The molecule has 16 heavy (non-hydrogen) atoms. The first-order chi connectivity index (χ1) is 7.60. The van der Waals surface area contributed by atoms with Gasteiger partial charge in [0, 0.05) is 11.4 Å². The van der Waals surface area contributed by atoms with E-state index in [1.54, 1.807) is 0 Å². The Bertz CT molecular complexity index is 362. The fourth-order valence-electron chi connectivity index (χ4n) is 1.22. The highest BCUT2D eigenvalue weighted by molar-refractivity contribution is 9.09. The van der Waals surface area contributed by atoms with Crippen molar-refractivity contribution in [3.05, 3.63) is 34.6 Å². The van der Waals surface area contributed by atoms with Gasteiger partial charge in [0.2, 0.25) is 0 Å². The first kappa shape index (κ1) is 13.5. The summed E-state index contributed by atoms with van der Waals surface area (Å²) in [5.74, 6) is -1.08. The van der Waals surface area contributed by atoms with Crippen molar-refractivity contribution in [2.75, 3.05) is 5.33 Å². The Kier molecular flexibility index (Phi) is 5.22. The summed E-state index contributed by atoms with van der Waals surface area (Å²) >= 11 is 9.05. The monoisotopic (exact) mass is 307 g/mol. The maximum absolute atomic E-state index is 13.4. The third-order valence-electron chi connectivity index (χ3n) is 2.20. The third kappa shape index (κ3) is 3.19. The second kappa shape index (κ2) is 6.21. The van der Waals surface area contributed by atoms with Crippen LogP contribution in [0.2, 0.25) is 5.02 Å². The molecule has 0 bridgehead atoms. The number of rotatable bonds is 4.